The van der Waals surface area contributed by atoms with E-state index in [1.807, 2.05) is 65.9 Å². The second kappa shape index (κ2) is 9.77. The number of fused-ring (bicyclic) bond motifs is 1. The number of anilines is 1. The van der Waals surface area contributed by atoms with Crippen LogP contribution in [0.1, 0.15) is 22.5 Å². The second-order valence-electron chi connectivity index (χ2n) is 8.14. The van der Waals surface area contributed by atoms with Crippen molar-refractivity contribution in [3.05, 3.63) is 77.1 Å². The Morgan fingerprint density at radius 2 is 1.82 bits per heavy atom. The molecule has 1 unspecified atom stereocenters. The Labute approximate surface area is 193 Å². The van der Waals surface area contributed by atoms with Gasteiger partial charge in [0, 0.05) is 24.8 Å². The smallest absolute Gasteiger partial charge is 0.262 e. The summed E-state index contributed by atoms with van der Waals surface area (Å²) in [6.07, 6.45) is -0.668. The van der Waals surface area contributed by atoms with Gasteiger partial charge in [-0.25, -0.2) is 0 Å². The highest BCUT2D eigenvalue weighted by Gasteiger charge is 2.31. The van der Waals surface area contributed by atoms with Crippen molar-refractivity contribution < 1.29 is 14.3 Å². The van der Waals surface area contributed by atoms with Crippen molar-refractivity contribution in [2.45, 2.75) is 33.0 Å². The monoisotopic (exact) mass is 447 g/mol. The fourth-order valence-corrected chi connectivity index (χ4v) is 4.07. The molecule has 1 aliphatic heterocycles. The van der Waals surface area contributed by atoms with Gasteiger partial charge in [0.15, 0.2) is 6.10 Å². The predicted octanol–water partition coefficient (Wildman–Crippen LogP) is 2.18. The number of ether oxygens (including phenoxy) is 1. The predicted molar refractivity (Wildman–Crippen MR) is 126 cm³/mol. The van der Waals surface area contributed by atoms with Crippen LogP contribution in [0.15, 0.2) is 54.6 Å². The van der Waals surface area contributed by atoms with Crippen molar-refractivity contribution in [2.75, 3.05) is 25.0 Å². The number of para-hydroxylation sites is 2. The molecule has 0 radical (unpaired) electrons. The van der Waals surface area contributed by atoms with Crippen molar-refractivity contribution >= 4 is 17.5 Å². The first-order chi connectivity index (χ1) is 16.0. The largest absolute Gasteiger partial charge is 0.477 e. The number of rotatable bonds is 7. The Balaban J connectivity index is 1.42. The van der Waals surface area contributed by atoms with Gasteiger partial charge in [-0.15, -0.1) is 0 Å². The number of benzene rings is 2. The number of hydrogen-bond acceptors (Lipinski definition) is 5. The van der Waals surface area contributed by atoms with E-state index in [-0.39, 0.29) is 18.4 Å². The van der Waals surface area contributed by atoms with Crippen LogP contribution in [-0.4, -0.2) is 47.8 Å². The summed E-state index contributed by atoms with van der Waals surface area (Å²) >= 11 is 0. The molecule has 2 aromatic carbocycles. The summed E-state index contributed by atoms with van der Waals surface area (Å²) in [6.45, 7) is 5.50. The topological polar surface area (TPSA) is 88.5 Å². The Kier molecular flexibility index (Phi) is 6.63. The normalized spacial score (nSPS) is 14.9. The van der Waals surface area contributed by atoms with Gasteiger partial charge in [0.25, 0.3) is 5.91 Å². The van der Waals surface area contributed by atoms with Gasteiger partial charge in [-0.3, -0.25) is 14.3 Å². The van der Waals surface area contributed by atoms with E-state index in [9.17, 15) is 9.59 Å². The minimum absolute atomic E-state index is 0.128. The quantitative estimate of drug-likeness (QED) is 0.580. The van der Waals surface area contributed by atoms with Gasteiger partial charge in [0.05, 0.1) is 31.0 Å². The Hall–Kier alpha value is -3.81. The zero-order valence-corrected chi connectivity index (χ0v) is 19.2. The van der Waals surface area contributed by atoms with E-state index < -0.39 is 6.10 Å². The fraction of sp³-hybridized carbons (Fsp3) is 0.320. The molecule has 2 N–H and O–H groups in total. The average molecular weight is 448 g/mol. The van der Waals surface area contributed by atoms with Crippen molar-refractivity contribution in [3.63, 3.8) is 0 Å². The van der Waals surface area contributed by atoms with Crippen molar-refractivity contribution in [1.29, 1.82) is 0 Å². The minimum atomic E-state index is -0.668. The number of nitrogens with zero attached hydrogens (tertiary/aromatic N) is 3. The molecule has 0 aliphatic carbocycles. The molecular weight excluding hydrogens is 418 g/mol. The molecule has 1 aliphatic rings. The van der Waals surface area contributed by atoms with E-state index >= 15 is 0 Å². The van der Waals surface area contributed by atoms with Gasteiger partial charge in [0.2, 0.25) is 5.91 Å². The molecule has 33 heavy (non-hydrogen) atoms. The Morgan fingerprint density at radius 1 is 1.09 bits per heavy atom. The zero-order valence-electron chi connectivity index (χ0n) is 19.2. The van der Waals surface area contributed by atoms with Crippen molar-refractivity contribution in [3.8, 4) is 5.75 Å². The first-order valence-corrected chi connectivity index (χ1v) is 11.0. The number of amides is 2. The number of hydrogen-bond donors (Lipinski definition) is 2. The highest BCUT2D eigenvalue weighted by Crippen LogP contribution is 2.32. The highest BCUT2D eigenvalue weighted by molar-refractivity contribution is 5.86. The number of likely N-dealkylation sites (N-methyl/N-ethyl adjacent to an activating group) is 1. The SMILES string of the molecule is CNC(=O)C1CN(CC(=O)NCc2c(C)nn(Cc3ccccc3)c2C)c2ccccc2O1. The third kappa shape index (κ3) is 5.00. The maximum absolute atomic E-state index is 12.8. The molecule has 3 aromatic rings. The lowest BCUT2D eigenvalue weighted by atomic mass is 10.1. The van der Waals surface area contributed by atoms with E-state index in [0.717, 1.165) is 22.6 Å². The minimum Gasteiger partial charge on any atom is -0.477 e. The van der Waals surface area contributed by atoms with Crippen LogP contribution in [-0.2, 0) is 22.7 Å². The summed E-state index contributed by atoms with van der Waals surface area (Å²) in [5, 5.41) is 10.3. The molecule has 8 nitrogen and oxygen atoms in total. The molecule has 0 saturated carbocycles. The number of nitrogens with one attached hydrogen (secondary N) is 2. The fourth-order valence-electron chi connectivity index (χ4n) is 4.07. The first-order valence-electron chi connectivity index (χ1n) is 11.0. The van der Waals surface area contributed by atoms with E-state index in [1.165, 1.54) is 5.56 Å². The molecule has 0 fully saturated rings. The van der Waals surface area contributed by atoms with Crippen LogP contribution in [0.2, 0.25) is 0 Å². The van der Waals surface area contributed by atoms with Gasteiger partial charge in [-0.1, -0.05) is 42.5 Å². The van der Waals surface area contributed by atoms with Crippen LogP contribution in [0, 0.1) is 13.8 Å². The lowest BCUT2D eigenvalue weighted by Gasteiger charge is -2.35. The molecule has 1 atom stereocenters. The maximum Gasteiger partial charge on any atom is 0.262 e. The van der Waals surface area contributed by atoms with Crippen LogP contribution in [0.4, 0.5) is 5.69 Å². The van der Waals surface area contributed by atoms with Gasteiger partial charge < -0.3 is 20.3 Å². The summed E-state index contributed by atoms with van der Waals surface area (Å²) in [5.41, 5.74) is 4.93. The second-order valence-corrected chi connectivity index (χ2v) is 8.14. The molecule has 4 rings (SSSR count). The Morgan fingerprint density at radius 3 is 2.58 bits per heavy atom. The van der Waals surface area contributed by atoms with Crippen LogP contribution >= 0.6 is 0 Å². The van der Waals surface area contributed by atoms with Crippen LogP contribution in [0.5, 0.6) is 5.75 Å². The third-order valence-electron chi connectivity index (χ3n) is 5.90. The van der Waals surface area contributed by atoms with Crippen molar-refractivity contribution in [1.82, 2.24) is 20.4 Å². The molecule has 0 spiro atoms. The Bertz CT molecular complexity index is 1140. The summed E-state index contributed by atoms with van der Waals surface area (Å²) in [5.74, 6) is 0.253. The summed E-state index contributed by atoms with van der Waals surface area (Å²) in [4.78, 5) is 26.9. The molecule has 2 amide bonds. The third-order valence-corrected chi connectivity index (χ3v) is 5.90. The number of carbonyl (C=O) groups excluding carboxylic acids is 2. The van der Waals surface area contributed by atoms with E-state index in [4.69, 9.17) is 4.74 Å². The molecule has 1 aromatic heterocycles. The van der Waals surface area contributed by atoms with E-state index in [0.29, 0.717) is 25.4 Å². The molecule has 172 valence electrons. The van der Waals surface area contributed by atoms with E-state index in [1.54, 1.807) is 7.05 Å². The molecule has 2 heterocycles. The van der Waals surface area contributed by atoms with Gasteiger partial charge in [-0.2, -0.15) is 5.10 Å². The van der Waals surface area contributed by atoms with Crippen LogP contribution in [0.25, 0.3) is 0 Å². The number of aromatic nitrogens is 2. The van der Waals surface area contributed by atoms with Crippen molar-refractivity contribution in [2.24, 2.45) is 0 Å². The van der Waals surface area contributed by atoms with E-state index in [2.05, 4.69) is 27.9 Å². The summed E-state index contributed by atoms with van der Waals surface area (Å²) in [7, 11) is 1.58. The van der Waals surface area contributed by atoms with Crippen LogP contribution < -0.4 is 20.3 Å². The molecule has 0 saturated heterocycles. The lowest BCUT2D eigenvalue weighted by Crippen LogP contribution is -2.50. The maximum atomic E-state index is 12.8. The molecule has 0 bridgehead atoms. The van der Waals surface area contributed by atoms with Gasteiger partial charge >= 0.3 is 0 Å². The first kappa shape index (κ1) is 22.4. The standard InChI is InChI=1S/C25H29N5O3/c1-17-20(18(2)30(28-17)14-19-9-5-4-6-10-19)13-27-24(31)16-29-15-23(25(32)26-3)33-22-12-8-7-11-21(22)29/h4-12,23H,13-16H2,1-3H3,(H,26,32)(H,27,31). The highest BCUT2D eigenvalue weighted by atomic mass is 16.5. The summed E-state index contributed by atoms with van der Waals surface area (Å²) < 4.78 is 7.78. The average Bonchev–Trinajstić information content (AvgIpc) is 3.09. The number of aryl methyl sites for hydroxylation is 1. The number of carbonyl (C=O) groups is 2. The van der Waals surface area contributed by atoms with Gasteiger partial charge in [0.1, 0.15) is 5.75 Å². The zero-order chi connectivity index (χ0) is 23.4. The molecule has 8 heteroatoms. The van der Waals surface area contributed by atoms with Crippen LogP contribution in [0.3, 0.4) is 0 Å². The summed E-state index contributed by atoms with van der Waals surface area (Å²) in [6, 6.07) is 17.6. The lowest BCUT2D eigenvalue weighted by molar-refractivity contribution is -0.127. The molecular formula is C25H29N5O3. The van der Waals surface area contributed by atoms with Gasteiger partial charge in [-0.05, 0) is 31.5 Å².